The van der Waals surface area contributed by atoms with Gasteiger partial charge in [0.1, 0.15) is 27.8 Å². The zero-order chi connectivity index (χ0) is 22.0. The smallest absolute Gasteiger partial charge is 0.260 e. The van der Waals surface area contributed by atoms with Crippen LogP contribution in [0.3, 0.4) is 0 Å². The second kappa shape index (κ2) is 8.98. The molecule has 0 radical (unpaired) electrons. The van der Waals surface area contributed by atoms with Crippen molar-refractivity contribution in [2.24, 2.45) is 5.92 Å². The first-order chi connectivity index (χ1) is 15.0. The molecule has 2 unspecified atom stereocenters. The highest BCUT2D eigenvalue weighted by Crippen LogP contribution is 2.41. The monoisotopic (exact) mass is 438 g/mol. The number of carbonyl (C=O) groups is 1. The van der Waals surface area contributed by atoms with Crippen LogP contribution in [0.5, 0.6) is 11.5 Å². The maximum Gasteiger partial charge on any atom is 0.260 e. The molecular weight excluding hydrogens is 412 g/mol. The van der Waals surface area contributed by atoms with Crippen LogP contribution in [0.25, 0.3) is 0 Å². The first-order valence-corrected chi connectivity index (χ1v) is 10.8. The van der Waals surface area contributed by atoms with Crippen molar-refractivity contribution in [2.75, 3.05) is 19.5 Å². The molecule has 2 N–H and O–H groups in total. The molecule has 7 heteroatoms. The molecular formula is C24H26N2O4S. The first-order valence-electron chi connectivity index (χ1n) is 10.3. The van der Waals surface area contributed by atoms with E-state index in [-0.39, 0.29) is 34.2 Å². The number of ether oxygens (including phenoxy) is 2. The lowest BCUT2D eigenvalue weighted by Crippen LogP contribution is -2.49. The third kappa shape index (κ3) is 4.10. The molecule has 2 aliphatic rings. The number of para-hydroxylation sites is 1. The Balaban J connectivity index is 1.65. The molecule has 1 fully saturated rings. The lowest BCUT2D eigenvalue weighted by molar-refractivity contribution is -0.132. The minimum Gasteiger partial charge on any atom is -0.511 e. The number of thiocarbonyl (C=S) groups is 1. The van der Waals surface area contributed by atoms with E-state index in [1.165, 1.54) is 0 Å². The molecule has 2 atom stereocenters. The Bertz CT molecular complexity index is 1020. The van der Waals surface area contributed by atoms with Gasteiger partial charge in [0.25, 0.3) is 5.91 Å². The van der Waals surface area contributed by atoms with E-state index in [2.05, 4.69) is 5.32 Å². The maximum absolute atomic E-state index is 13.6. The molecule has 1 heterocycles. The van der Waals surface area contributed by atoms with E-state index < -0.39 is 0 Å². The molecule has 162 valence electrons. The number of methoxy groups -OCH3 is 2. The van der Waals surface area contributed by atoms with Crippen molar-refractivity contribution in [2.45, 2.75) is 31.8 Å². The molecule has 6 nitrogen and oxygen atoms in total. The van der Waals surface area contributed by atoms with Crippen LogP contribution in [0.15, 0.2) is 59.9 Å². The quantitative estimate of drug-likeness (QED) is 0.649. The summed E-state index contributed by atoms with van der Waals surface area (Å²) in [6, 6.07) is 14.9. The number of hydrogen-bond acceptors (Lipinski definition) is 5. The normalized spacial score (nSPS) is 20.5. The van der Waals surface area contributed by atoms with Crippen molar-refractivity contribution in [1.82, 2.24) is 4.90 Å². The van der Waals surface area contributed by atoms with Crippen LogP contribution >= 0.6 is 12.2 Å². The van der Waals surface area contributed by atoms with E-state index in [0.29, 0.717) is 18.0 Å². The number of amides is 1. The van der Waals surface area contributed by atoms with Crippen LogP contribution in [-0.2, 0) is 11.3 Å². The van der Waals surface area contributed by atoms with Crippen LogP contribution in [0.2, 0.25) is 0 Å². The molecule has 1 saturated carbocycles. The van der Waals surface area contributed by atoms with Gasteiger partial charge in [-0.3, -0.25) is 4.79 Å². The maximum atomic E-state index is 13.6. The van der Waals surface area contributed by atoms with Crippen molar-refractivity contribution in [3.63, 3.8) is 0 Å². The predicted octanol–water partition coefficient (Wildman–Crippen LogP) is 4.47. The standard InChI is InChI=1S/C24H26N2O4S/c1-29-17-12-11-15(20(13-17)30-2)14-26-19-10-6-9-18(19)22(27)21(24(26)28)23(31)25-16-7-4-3-5-8-16/h3-5,7-8,11-13,18-19,27H,6,9-10,14H2,1-2H3,(H,25,31). The van der Waals surface area contributed by atoms with Gasteiger partial charge in [-0.05, 0) is 37.1 Å². The highest BCUT2D eigenvalue weighted by molar-refractivity contribution is 7.81. The van der Waals surface area contributed by atoms with E-state index in [9.17, 15) is 9.90 Å². The number of aliphatic hydroxyl groups is 1. The number of nitrogens with one attached hydrogen (secondary N) is 1. The lowest BCUT2D eigenvalue weighted by Gasteiger charge is -2.38. The van der Waals surface area contributed by atoms with Crippen LogP contribution in [0, 0.1) is 5.92 Å². The lowest BCUT2D eigenvalue weighted by atomic mass is 9.90. The number of aliphatic hydroxyl groups excluding tert-OH is 1. The molecule has 2 aromatic rings. The van der Waals surface area contributed by atoms with E-state index >= 15 is 0 Å². The van der Waals surface area contributed by atoms with E-state index in [4.69, 9.17) is 21.7 Å². The topological polar surface area (TPSA) is 71.0 Å². The van der Waals surface area contributed by atoms with Crippen molar-refractivity contribution in [1.29, 1.82) is 0 Å². The molecule has 0 spiro atoms. The molecule has 0 saturated heterocycles. The van der Waals surface area contributed by atoms with Crippen molar-refractivity contribution >= 4 is 28.8 Å². The molecule has 4 rings (SSSR count). The average Bonchev–Trinajstić information content (AvgIpc) is 3.27. The Morgan fingerprint density at radius 1 is 1.16 bits per heavy atom. The van der Waals surface area contributed by atoms with Gasteiger partial charge in [-0.1, -0.05) is 36.8 Å². The van der Waals surface area contributed by atoms with Gasteiger partial charge in [0.15, 0.2) is 0 Å². The van der Waals surface area contributed by atoms with Gasteiger partial charge >= 0.3 is 0 Å². The van der Waals surface area contributed by atoms with Gasteiger partial charge in [-0.15, -0.1) is 0 Å². The zero-order valence-corrected chi connectivity index (χ0v) is 18.4. The minimum absolute atomic E-state index is 0.0532. The Hall–Kier alpha value is -3.06. The zero-order valence-electron chi connectivity index (χ0n) is 17.6. The van der Waals surface area contributed by atoms with Crippen molar-refractivity contribution < 1.29 is 19.4 Å². The number of rotatable bonds is 6. The summed E-state index contributed by atoms with van der Waals surface area (Å²) < 4.78 is 10.8. The number of anilines is 1. The van der Waals surface area contributed by atoms with Gasteiger partial charge in [-0.2, -0.15) is 0 Å². The fourth-order valence-electron chi connectivity index (χ4n) is 4.51. The van der Waals surface area contributed by atoms with Gasteiger partial charge in [-0.25, -0.2) is 0 Å². The number of fused-ring (bicyclic) bond motifs is 1. The van der Waals surface area contributed by atoms with Crippen LogP contribution in [0.4, 0.5) is 5.69 Å². The summed E-state index contributed by atoms with van der Waals surface area (Å²) in [6.07, 6.45) is 2.64. The summed E-state index contributed by atoms with van der Waals surface area (Å²) in [5.74, 6) is 1.10. The molecule has 0 bridgehead atoms. The van der Waals surface area contributed by atoms with Crippen LogP contribution in [-0.4, -0.2) is 41.2 Å². The predicted molar refractivity (Wildman–Crippen MR) is 124 cm³/mol. The number of nitrogens with zero attached hydrogens (tertiary/aromatic N) is 1. The Labute approximate surface area is 187 Å². The van der Waals surface area contributed by atoms with Gasteiger partial charge in [0.2, 0.25) is 0 Å². The fraction of sp³-hybridized carbons (Fsp3) is 0.333. The van der Waals surface area contributed by atoms with Gasteiger partial charge < -0.3 is 24.8 Å². The van der Waals surface area contributed by atoms with Gasteiger partial charge in [0.05, 0.1) is 14.2 Å². The Morgan fingerprint density at radius 3 is 2.65 bits per heavy atom. The highest BCUT2D eigenvalue weighted by Gasteiger charge is 2.45. The Kier molecular flexibility index (Phi) is 6.13. The third-order valence-corrected chi connectivity index (χ3v) is 6.36. The summed E-state index contributed by atoms with van der Waals surface area (Å²) in [5, 5.41) is 14.1. The number of hydrogen-bond donors (Lipinski definition) is 2. The van der Waals surface area contributed by atoms with E-state index in [0.717, 1.165) is 30.5 Å². The molecule has 31 heavy (non-hydrogen) atoms. The van der Waals surface area contributed by atoms with Gasteiger partial charge in [0, 0.05) is 35.8 Å². The summed E-state index contributed by atoms with van der Waals surface area (Å²) >= 11 is 5.55. The molecule has 0 aromatic heterocycles. The SMILES string of the molecule is COc1ccc(CN2C(=O)C(C(=S)Nc3ccccc3)=C(O)C3CCCC32)c(OC)c1. The highest BCUT2D eigenvalue weighted by atomic mass is 32.1. The molecule has 2 aromatic carbocycles. The summed E-state index contributed by atoms with van der Waals surface area (Å²) in [6.45, 7) is 0.373. The summed E-state index contributed by atoms with van der Waals surface area (Å²) in [7, 11) is 3.21. The fourth-order valence-corrected chi connectivity index (χ4v) is 4.81. The molecule has 1 aliphatic heterocycles. The minimum atomic E-state index is -0.257. The summed E-state index contributed by atoms with van der Waals surface area (Å²) in [5.41, 5.74) is 1.84. The molecule has 1 aliphatic carbocycles. The average molecular weight is 439 g/mol. The second-order valence-electron chi connectivity index (χ2n) is 7.80. The van der Waals surface area contributed by atoms with E-state index in [1.807, 2.05) is 53.4 Å². The van der Waals surface area contributed by atoms with Crippen molar-refractivity contribution in [3.8, 4) is 11.5 Å². The summed E-state index contributed by atoms with van der Waals surface area (Å²) in [4.78, 5) is 15.6. The van der Waals surface area contributed by atoms with E-state index in [1.54, 1.807) is 14.2 Å². The largest absolute Gasteiger partial charge is 0.511 e. The first kappa shape index (κ1) is 21.2. The van der Waals surface area contributed by atoms with Crippen LogP contribution < -0.4 is 14.8 Å². The Morgan fingerprint density at radius 2 is 1.94 bits per heavy atom. The number of benzene rings is 2. The van der Waals surface area contributed by atoms with Crippen molar-refractivity contribution in [3.05, 3.63) is 65.4 Å². The third-order valence-electron chi connectivity index (χ3n) is 6.06. The van der Waals surface area contributed by atoms with Crippen LogP contribution in [0.1, 0.15) is 24.8 Å². The molecule has 1 amide bonds. The second-order valence-corrected chi connectivity index (χ2v) is 8.20. The number of carbonyl (C=O) groups excluding carboxylic acids is 1.